The van der Waals surface area contributed by atoms with E-state index in [0.29, 0.717) is 63.8 Å². The molecule has 5 heterocycles. The molecule has 9 rings (SSSR count). The minimum Gasteiger partial charge on any atom is -0.465 e. The van der Waals surface area contributed by atoms with Crippen LogP contribution in [0.4, 0.5) is 9.59 Å². The number of imidazole rings is 2. The molecule has 6 atom stereocenters. The number of benzene rings is 4. The van der Waals surface area contributed by atoms with E-state index in [-0.39, 0.29) is 47.6 Å². The quantitative estimate of drug-likeness (QED) is 0.0879. The predicted octanol–water partition coefficient (Wildman–Crippen LogP) is 7.30. The molecule has 6 aromatic rings. The van der Waals surface area contributed by atoms with Crippen LogP contribution in [-0.4, -0.2) is 118 Å². The number of H-pyrrole nitrogens is 2. The van der Waals surface area contributed by atoms with E-state index in [0.717, 1.165) is 61.2 Å². The first-order valence-electron chi connectivity index (χ1n) is 22.3. The molecule has 2 aromatic heterocycles. The number of fused-ring (bicyclic) bond motifs is 6. The second-order valence-corrected chi connectivity index (χ2v) is 18.2. The first-order valence-corrected chi connectivity index (χ1v) is 22.3. The highest BCUT2D eigenvalue weighted by atomic mass is 16.5. The number of hydrogen-bond acceptors (Lipinski definition) is 9. The number of carbonyl (C=O) groups is 4. The highest BCUT2D eigenvalue weighted by molar-refractivity contribution is 6.07. The van der Waals surface area contributed by atoms with Crippen molar-refractivity contribution < 1.29 is 38.5 Å². The number of aromatic nitrogens is 4. The molecule has 3 aliphatic heterocycles. The summed E-state index contributed by atoms with van der Waals surface area (Å²) >= 11 is 0. The lowest BCUT2D eigenvalue weighted by Crippen LogP contribution is -2.53. The van der Waals surface area contributed by atoms with Gasteiger partial charge in [0.2, 0.25) is 11.8 Å². The molecular weight excluding hydrogens is 817 g/mol. The number of nitrogens with zero attached hydrogens (tertiary/aromatic N) is 4. The molecule has 4 aromatic carbocycles. The summed E-state index contributed by atoms with van der Waals surface area (Å²) in [4.78, 5) is 73.0. The minimum absolute atomic E-state index is 0.0799. The molecule has 0 aliphatic carbocycles. The molecule has 0 bridgehead atoms. The molecular formula is C48H56N8O8. The number of ether oxygens (including phenoxy) is 3. The normalized spacial score (nSPS) is 21.6. The van der Waals surface area contributed by atoms with E-state index in [9.17, 15) is 24.3 Å². The van der Waals surface area contributed by atoms with E-state index in [1.807, 2.05) is 30.9 Å². The fourth-order valence-electron chi connectivity index (χ4n) is 10.3. The van der Waals surface area contributed by atoms with Gasteiger partial charge in [-0.1, -0.05) is 57.2 Å². The van der Waals surface area contributed by atoms with Crippen LogP contribution in [-0.2, 0) is 23.8 Å². The lowest BCUT2D eigenvalue weighted by Gasteiger charge is -2.34. The molecule has 0 radical (unpaired) electrons. The van der Waals surface area contributed by atoms with Crippen LogP contribution in [0.1, 0.15) is 70.2 Å². The largest absolute Gasteiger partial charge is 0.465 e. The van der Waals surface area contributed by atoms with Crippen molar-refractivity contribution >= 4 is 67.6 Å². The Morgan fingerprint density at radius 3 is 1.92 bits per heavy atom. The monoisotopic (exact) mass is 872 g/mol. The molecule has 16 heteroatoms. The second-order valence-electron chi connectivity index (χ2n) is 18.2. The number of alkyl carbamates (subject to hydrolysis) is 1. The number of hydrogen-bond donors (Lipinski definition) is 5. The van der Waals surface area contributed by atoms with Crippen LogP contribution in [0.3, 0.4) is 0 Å². The van der Waals surface area contributed by atoms with Crippen molar-refractivity contribution in [2.24, 2.45) is 23.7 Å². The number of rotatable bonds is 11. The smallest absolute Gasteiger partial charge is 0.407 e. The van der Waals surface area contributed by atoms with Crippen LogP contribution in [0.15, 0.2) is 60.7 Å². The Labute approximate surface area is 370 Å². The summed E-state index contributed by atoms with van der Waals surface area (Å²) < 4.78 is 16.1. The maximum Gasteiger partial charge on any atom is 0.407 e. The number of methoxy groups -OCH3 is 2. The first kappa shape index (κ1) is 43.0. The van der Waals surface area contributed by atoms with E-state index in [2.05, 4.69) is 76.1 Å². The zero-order valence-corrected chi connectivity index (χ0v) is 36.9. The molecule has 3 aliphatic rings. The Bertz CT molecular complexity index is 2740. The summed E-state index contributed by atoms with van der Waals surface area (Å²) in [5.74, 6) is 1.03. The van der Waals surface area contributed by atoms with E-state index in [4.69, 9.17) is 24.2 Å². The van der Waals surface area contributed by atoms with Gasteiger partial charge in [0.15, 0.2) is 0 Å². The van der Waals surface area contributed by atoms with Crippen molar-refractivity contribution in [3.8, 4) is 11.1 Å². The summed E-state index contributed by atoms with van der Waals surface area (Å²) in [6.07, 6.45) is 0.854. The number of carbonyl (C=O) groups excluding carboxylic acids is 3. The molecule has 3 fully saturated rings. The summed E-state index contributed by atoms with van der Waals surface area (Å²) in [6.45, 7) is 8.35. The van der Waals surface area contributed by atoms with Gasteiger partial charge in [0, 0.05) is 50.1 Å². The molecule has 16 nitrogen and oxygen atoms in total. The average molecular weight is 873 g/mol. The first-order chi connectivity index (χ1) is 30.9. The Morgan fingerprint density at radius 2 is 1.38 bits per heavy atom. The molecule has 0 unspecified atom stereocenters. The Kier molecular flexibility index (Phi) is 11.9. The van der Waals surface area contributed by atoms with Gasteiger partial charge in [-0.25, -0.2) is 19.6 Å². The molecule has 4 amide bonds. The van der Waals surface area contributed by atoms with E-state index in [1.165, 1.54) is 7.11 Å². The molecule has 0 spiro atoms. The highest BCUT2D eigenvalue weighted by Gasteiger charge is 2.44. The Hall–Kier alpha value is -6.26. The van der Waals surface area contributed by atoms with Crippen LogP contribution in [0.2, 0.25) is 0 Å². The Balaban J connectivity index is 0.989. The second kappa shape index (κ2) is 17.7. The van der Waals surface area contributed by atoms with Crippen molar-refractivity contribution in [3.63, 3.8) is 0 Å². The minimum atomic E-state index is -1.22. The number of likely N-dealkylation sites (tertiary alicyclic amines) is 2. The van der Waals surface area contributed by atoms with Gasteiger partial charge in [-0.2, -0.15) is 0 Å². The van der Waals surface area contributed by atoms with Gasteiger partial charge < -0.3 is 49.7 Å². The summed E-state index contributed by atoms with van der Waals surface area (Å²) in [6, 6.07) is 18.7. The Morgan fingerprint density at radius 1 is 0.797 bits per heavy atom. The lowest BCUT2D eigenvalue weighted by molar-refractivity contribution is -0.137. The fraction of sp³-hybridized carbons (Fsp3) is 0.458. The summed E-state index contributed by atoms with van der Waals surface area (Å²) in [5.41, 5.74) is 5.49. The van der Waals surface area contributed by atoms with Gasteiger partial charge in [0.1, 0.15) is 23.7 Å². The van der Waals surface area contributed by atoms with Gasteiger partial charge in [-0.05, 0) is 89.6 Å². The third kappa shape index (κ3) is 8.20. The zero-order chi connectivity index (χ0) is 44.8. The fourth-order valence-corrected chi connectivity index (χ4v) is 10.3. The number of nitrogens with one attached hydrogen (secondary N) is 4. The van der Waals surface area contributed by atoms with Gasteiger partial charge in [0.05, 0.1) is 47.9 Å². The number of amides is 4. The van der Waals surface area contributed by atoms with Gasteiger partial charge in [-0.15, -0.1) is 0 Å². The highest BCUT2D eigenvalue weighted by Crippen LogP contribution is 2.40. The van der Waals surface area contributed by atoms with Crippen molar-refractivity contribution in [3.05, 3.63) is 72.3 Å². The summed E-state index contributed by atoms with van der Waals surface area (Å²) in [5, 5.41) is 18.8. The van der Waals surface area contributed by atoms with Gasteiger partial charge in [-0.3, -0.25) is 9.59 Å². The van der Waals surface area contributed by atoms with Gasteiger partial charge >= 0.3 is 12.2 Å². The van der Waals surface area contributed by atoms with E-state index >= 15 is 0 Å². The van der Waals surface area contributed by atoms with Crippen LogP contribution < -0.4 is 10.6 Å². The van der Waals surface area contributed by atoms with E-state index in [1.54, 1.807) is 12.0 Å². The SMILES string of the molecule is COC[C@H]1C[C@@H](c2nc3ccc4cc(-c5ccc6c(ccc7nc([C@@H]8C[C@H](C)CN8C(=O)[C@@H](NC(=O)O)C(C)C)[nH]c76)c5)ccc4c3[nH]2)N(C(=O)[C@@H](NC(=O)OC)C2CCOCC2)C1. The standard InChI is InChI=1S/C48H56N8O8/c1-25(2)39(53-47(59)60)45(57)55-22-26(3)18-37(55)43-49-35-12-8-31-20-29(6-10-33(31)41(35)51-43)30-7-11-34-32(21-30)9-13-36-42(34)52-44(50-36)38-19-27(24-62-4)23-56(38)46(58)40(54-48(61)63-5)28-14-16-64-17-15-28/h6-13,20-21,25-28,37-40,53H,14-19,22-24H2,1-5H3,(H,49,51)(H,50,52)(H,54,61)(H,59,60)/t26-,27-,37-,38-,39-,40-/m0/s1. The van der Waals surface area contributed by atoms with E-state index < -0.39 is 24.3 Å². The van der Waals surface area contributed by atoms with Crippen LogP contribution >= 0.6 is 0 Å². The molecule has 336 valence electrons. The van der Waals surface area contributed by atoms with Crippen molar-refractivity contribution in [1.29, 1.82) is 0 Å². The molecule has 0 saturated carbocycles. The third-order valence-corrected chi connectivity index (χ3v) is 13.5. The topological polar surface area (TPSA) is 204 Å². The molecule has 5 N–H and O–H groups in total. The van der Waals surface area contributed by atoms with Crippen molar-refractivity contribution in [2.45, 2.75) is 70.6 Å². The number of aromatic amines is 2. The maximum absolute atomic E-state index is 14.4. The van der Waals surface area contributed by atoms with Crippen molar-refractivity contribution in [2.75, 3.05) is 47.1 Å². The maximum atomic E-state index is 14.4. The molecule has 64 heavy (non-hydrogen) atoms. The van der Waals surface area contributed by atoms with Crippen LogP contribution in [0.5, 0.6) is 0 Å². The van der Waals surface area contributed by atoms with Gasteiger partial charge in [0.25, 0.3) is 0 Å². The van der Waals surface area contributed by atoms with Crippen molar-refractivity contribution in [1.82, 2.24) is 40.4 Å². The third-order valence-electron chi connectivity index (χ3n) is 13.5. The van der Waals surface area contributed by atoms with Crippen LogP contribution in [0.25, 0.3) is 54.7 Å². The number of carboxylic acid groups (broad SMARTS) is 1. The zero-order valence-electron chi connectivity index (χ0n) is 36.9. The lowest BCUT2D eigenvalue weighted by atomic mass is 9.90. The molecule has 3 saturated heterocycles. The average Bonchev–Trinajstić information content (AvgIpc) is 4.11. The summed E-state index contributed by atoms with van der Waals surface area (Å²) in [7, 11) is 2.97. The predicted molar refractivity (Wildman–Crippen MR) is 242 cm³/mol. The van der Waals surface area contributed by atoms with Crippen LogP contribution in [0, 0.1) is 23.7 Å².